The predicted octanol–water partition coefficient (Wildman–Crippen LogP) is 2.81. The van der Waals surface area contributed by atoms with Crippen LogP contribution in [0.3, 0.4) is 0 Å². The van der Waals surface area contributed by atoms with E-state index in [1.165, 1.54) is 27.5 Å². The van der Waals surface area contributed by atoms with Gasteiger partial charge in [0.2, 0.25) is 5.91 Å². The molecule has 1 amide bonds. The second-order valence-corrected chi connectivity index (χ2v) is 7.12. The molecule has 136 valence electrons. The molecule has 0 fully saturated rings. The number of carbonyl (C=O) groups excluding carboxylic acids is 1. The molecule has 8 heteroatoms. The van der Waals surface area contributed by atoms with Crippen molar-refractivity contribution in [2.24, 2.45) is 7.05 Å². The van der Waals surface area contributed by atoms with Crippen molar-refractivity contribution < 1.29 is 4.79 Å². The van der Waals surface area contributed by atoms with E-state index in [4.69, 9.17) is 0 Å². The SMILES string of the molecule is Cc1ccc(-c2csc(NC(=O)Cn3cnc4c3ccc(=O)n4C)n2)cc1. The van der Waals surface area contributed by atoms with Crippen LogP contribution in [0.1, 0.15) is 5.56 Å². The van der Waals surface area contributed by atoms with E-state index in [0.29, 0.717) is 10.8 Å². The van der Waals surface area contributed by atoms with Gasteiger partial charge in [-0.05, 0) is 13.0 Å². The Labute approximate surface area is 158 Å². The normalized spacial score (nSPS) is 11.0. The Morgan fingerprint density at radius 2 is 1.96 bits per heavy atom. The number of anilines is 1. The van der Waals surface area contributed by atoms with Crippen LogP contribution in [0.15, 0.2) is 52.9 Å². The van der Waals surface area contributed by atoms with E-state index in [1.54, 1.807) is 24.0 Å². The van der Waals surface area contributed by atoms with Gasteiger partial charge in [-0.25, -0.2) is 9.97 Å². The highest BCUT2D eigenvalue weighted by Crippen LogP contribution is 2.25. The van der Waals surface area contributed by atoms with E-state index in [1.807, 2.05) is 36.6 Å². The lowest BCUT2D eigenvalue weighted by atomic mass is 10.1. The monoisotopic (exact) mass is 379 g/mol. The standard InChI is InChI=1S/C19H17N5O2S/c1-12-3-5-13(6-4-12)14-10-27-19(21-14)22-16(25)9-24-11-20-18-15(24)7-8-17(26)23(18)2/h3-8,10-11H,9H2,1-2H3,(H,21,22,25). The molecule has 7 nitrogen and oxygen atoms in total. The van der Waals surface area contributed by atoms with Crippen molar-refractivity contribution in [1.29, 1.82) is 0 Å². The van der Waals surface area contributed by atoms with Crippen molar-refractivity contribution in [3.05, 3.63) is 64.0 Å². The highest BCUT2D eigenvalue weighted by molar-refractivity contribution is 7.14. The molecule has 4 aromatic rings. The number of rotatable bonds is 4. The molecular weight excluding hydrogens is 362 g/mol. The van der Waals surface area contributed by atoms with Crippen molar-refractivity contribution in [2.45, 2.75) is 13.5 Å². The summed E-state index contributed by atoms with van der Waals surface area (Å²) in [5.74, 6) is -0.201. The largest absolute Gasteiger partial charge is 0.320 e. The highest BCUT2D eigenvalue weighted by Gasteiger charge is 2.12. The lowest BCUT2D eigenvalue weighted by Crippen LogP contribution is -2.19. The number of carbonyl (C=O) groups is 1. The summed E-state index contributed by atoms with van der Waals surface area (Å²) in [5.41, 5.74) is 4.17. The Bertz CT molecular complexity index is 1190. The van der Waals surface area contributed by atoms with E-state index in [2.05, 4.69) is 15.3 Å². The van der Waals surface area contributed by atoms with Crippen LogP contribution in [0.2, 0.25) is 0 Å². The molecule has 0 unspecified atom stereocenters. The predicted molar refractivity (Wildman–Crippen MR) is 106 cm³/mol. The number of hydrogen-bond donors (Lipinski definition) is 1. The molecule has 0 aliphatic rings. The minimum atomic E-state index is -0.201. The molecule has 4 rings (SSSR count). The Morgan fingerprint density at radius 1 is 1.19 bits per heavy atom. The smallest absolute Gasteiger partial charge is 0.252 e. The van der Waals surface area contributed by atoms with Crippen molar-refractivity contribution in [1.82, 2.24) is 19.1 Å². The molecule has 27 heavy (non-hydrogen) atoms. The number of fused-ring (bicyclic) bond motifs is 1. The molecule has 0 atom stereocenters. The molecule has 0 bridgehead atoms. The van der Waals surface area contributed by atoms with Gasteiger partial charge >= 0.3 is 0 Å². The summed E-state index contributed by atoms with van der Waals surface area (Å²) in [4.78, 5) is 32.8. The molecule has 0 spiro atoms. The number of hydrogen-bond acceptors (Lipinski definition) is 5. The zero-order valence-electron chi connectivity index (χ0n) is 14.8. The van der Waals surface area contributed by atoms with Gasteiger partial charge < -0.3 is 9.88 Å². The summed E-state index contributed by atoms with van der Waals surface area (Å²) in [5, 5.41) is 5.29. The number of amides is 1. The Balaban J connectivity index is 1.50. The van der Waals surface area contributed by atoms with E-state index in [9.17, 15) is 9.59 Å². The van der Waals surface area contributed by atoms with Crippen LogP contribution in [0.4, 0.5) is 5.13 Å². The topological polar surface area (TPSA) is 81.8 Å². The van der Waals surface area contributed by atoms with Gasteiger partial charge in [0.15, 0.2) is 10.8 Å². The maximum absolute atomic E-state index is 12.4. The summed E-state index contributed by atoms with van der Waals surface area (Å²) in [6, 6.07) is 11.2. The number of thiazole rings is 1. The molecule has 3 heterocycles. The van der Waals surface area contributed by atoms with Crippen LogP contribution >= 0.6 is 11.3 Å². The second-order valence-electron chi connectivity index (χ2n) is 6.26. The van der Waals surface area contributed by atoms with Crippen molar-refractivity contribution in [3.8, 4) is 11.3 Å². The first-order valence-electron chi connectivity index (χ1n) is 8.34. The van der Waals surface area contributed by atoms with E-state index < -0.39 is 0 Å². The minimum Gasteiger partial charge on any atom is -0.320 e. The zero-order valence-corrected chi connectivity index (χ0v) is 15.7. The van der Waals surface area contributed by atoms with Crippen LogP contribution in [-0.2, 0) is 18.4 Å². The third-order valence-corrected chi connectivity index (χ3v) is 5.06. The second kappa shape index (κ2) is 6.81. The lowest BCUT2D eigenvalue weighted by Gasteiger charge is -2.05. The number of nitrogens with zero attached hydrogens (tertiary/aromatic N) is 4. The molecule has 1 N–H and O–H groups in total. The molecule has 0 radical (unpaired) electrons. The minimum absolute atomic E-state index is 0.0914. The number of benzene rings is 1. The van der Waals surface area contributed by atoms with Crippen LogP contribution in [0, 0.1) is 6.92 Å². The molecule has 3 aromatic heterocycles. The van der Waals surface area contributed by atoms with Crippen LogP contribution in [-0.4, -0.2) is 25.0 Å². The fraction of sp³-hybridized carbons (Fsp3) is 0.158. The van der Waals surface area contributed by atoms with E-state index in [0.717, 1.165) is 16.8 Å². The summed E-state index contributed by atoms with van der Waals surface area (Å²) in [6.45, 7) is 2.13. The van der Waals surface area contributed by atoms with E-state index >= 15 is 0 Å². The lowest BCUT2D eigenvalue weighted by molar-refractivity contribution is -0.116. The third kappa shape index (κ3) is 3.39. The van der Waals surface area contributed by atoms with Gasteiger partial charge in [-0.1, -0.05) is 29.8 Å². The average molecular weight is 379 g/mol. The maximum Gasteiger partial charge on any atom is 0.252 e. The van der Waals surface area contributed by atoms with Gasteiger partial charge in [0.05, 0.1) is 17.5 Å². The molecule has 0 saturated heterocycles. The van der Waals surface area contributed by atoms with Crippen LogP contribution in [0.5, 0.6) is 0 Å². The van der Waals surface area contributed by atoms with Gasteiger partial charge in [0.1, 0.15) is 6.54 Å². The van der Waals surface area contributed by atoms with Gasteiger partial charge in [-0.15, -0.1) is 11.3 Å². The number of aryl methyl sites for hydroxylation is 2. The number of nitrogens with one attached hydrogen (secondary N) is 1. The molecule has 0 saturated carbocycles. The number of imidazole rings is 1. The molecular formula is C19H17N5O2S. The van der Waals surface area contributed by atoms with Gasteiger partial charge in [-0.3, -0.25) is 14.2 Å². The Kier molecular flexibility index (Phi) is 4.33. The summed E-state index contributed by atoms with van der Waals surface area (Å²) in [6.07, 6.45) is 1.56. The Morgan fingerprint density at radius 3 is 2.74 bits per heavy atom. The third-order valence-electron chi connectivity index (χ3n) is 4.30. The number of aromatic nitrogens is 4. The van der Waals surface area contributed by atoms with Gasteiger partial charge in [0.25, 0.3) is 5.56 Å². The molecule has 0 aliphatic carbocycles. The van der Waals surface area contributed by atoms with Crippen LogP contribution < -0.4 is 10.9 Å². The first-order valence-corrected chi connectivity index (χ1v) is 9.22. The highest BCUT2D eigenvalue weighted by atomic mass is 32.1. The fourth-order valence-electron chi connectivity index (χ4n) is 2.80. The van der Waals surface area contributed by atoms with E-state index in [-0.39, 0.29) is 18.0 Å². The van der Waals surface area contributed by atoms with Crippen LogP contribution in [0.25, 0.3) is 22.4 Å². The van der Waals surface area contributed by atoms with Crippen molar-refractivity contribution >= 4 is 33.5 Å². The zero-order chi connectivity index (χ0) is 19.0. The quantitative estimate of drug-likeness (QED) is 0.591. The first-order chi connectivity index (χ1) is 13.0. The first kappa shape index (κ1) is 17.2. The summed E-state index contributed by atoms with van der Waals surface area (Å²) >= 11 is 1.38. The van der Waals surface area contributed by atoms with Crippen molar-refractivity contribution in [2.75, 3.05) is 5.32 Å². The maximum atomic E-state index is 12.4. The Hall–Kier alpha value is -3.26. The fourth-order valence-corrected chi connectivity index (χ4v) is 3.54. The average Bonchev–Trinajstić information content (AvgIpc) is 3.26. The van der Waals surface area contributed by atoms with Crippen molar-refractivity contribution in [3.63, 3.8) is 0 Å². The van der Waals surface area contributed by atoms with Gasteiger partial charge in [0, 0.05) is 24.1 Å². The van der Waals surface area contributed by atoms with Gasteiger partial charge in [-0.2, -0.15) is 0 Å². The summed E-state index contributed by atoms with van der Waals surface area (Å²) in [7, 11) is 1.66. The molecule has 1 aromatic carbocycles. The number of pyridine rings is 1. The molecule has 0 aliphatic heterocycles. The summed E-state index contributed by atoms with van der Waals surface area (Å²) < 4.78 is 3.16.